The van der Waals surface area contributed by atoms with Crippen LogP contribution in [0.3, 0.4) is 0 Å². The molecule has 4 N–H and O–H groups in total. The SMILES string of the molecule is CCN1CCN(C(=O)N[C@@H](C(=O)O)c2ccc(O)c(O)c2)C(=O)C1=O. The number of imide groups is 1. The number of phenolic OH excluding ortho intramolecular Hbond substituents is 2. The van der Waals surface area contributed by atoms with Crippen molar-refractivity contribution in [3.63, 3.8) is 0 Å². The second-order valence-corrected chi connectivity index (χ2v) is 5.31. The molecule has 0 spiro atoms. The summed E-state index contributed by atoms with van der Waals surface area (Å²) >= 11 is 0. The Morgan fingerprint density at radius 2 is 1.84 bits per heavy atom. The first kappa shape index (κ1) is 18.0. The van der Waals surface area contributed by atoms with E-state index < -0.39 is 41.4 Å². The van der Waals surface area contributed by atoms with Crippen LogP contribution >= 0.6 is 0 Å². The molecule has 0 aliphatic carbocycles. The van der Waals surface area contributed by atoms with E-state index in [1.165, 1.54) is 11.0 Å². The maximum Gasteiger partial charge on any atom is 0.330 e. The lowest BCUT2D eigenvalue weighted by Gasteiger charge is -2.32. The van der Waals surface area contributed by atoms with E-state index in [1.807, 2.05) is 0 Å². The van der Waals surface area contributed by atoms with Crippen LogP contribution < -0.4 is 5.32 Å². The van der Waals surface area contributed by atoms with Crippen LogP contribution in [-0.4, -0.2) is 68.6 Å². The number of hydrogen-bond donors (Lipinski definition) is 4. The molecule has 10 nitrogen and oxygen atoms in total. The number of urea groups is 1. The Labute approximate surface area is 142 Å². The van der Waals surface area contributed by atoms with Gasteiger partial charge in [-0.15, -0.1) is 0 Å². The number of amides is 4. The molecular weight excluding hydrogens is 334 g/mol. The Bertz CT molecular complexity index is 734. The van der Waals surface area contributed by atoms with Gasteiger partial charge in [0.25, 0.3) is 0 Å². The largest absolute Gasteiger partial charge is 0.504 e. The lowest BCUT2D eigenvalue weighted by atomic mass is 10.1. The number of piperazine rings is 1. The molecule has 1 saturated heterocycles. The van der Waals surface area contributed by atoms with Gasteiger partial charge in [0.2, 0.25) is 0 Å². The van der Waals surface area contributed by atoms with Crippen LogP contribution in [0.15, 0.2) is 18.2 Å². The first-order valence-corrected chi connectivity index (χ1v) is 7.42. The number of rotatable bonds is 4. The number of benzene rings is 1. The average Bonchev–Trinajstić information content (AvgIpc) is 2.57. The van der Waals surface area contributed by atoms with Crippen molar-refractivity contribution in [1.29, 1.82) is 0 Å². The van der Waals surface area contributed by atoms with Gasteiger partial charge in [-0.1, -0.05) is 6.07 Å². The first-order chi connectivity index (χ1) is 11.8. The Morgan fingerprint density at radius 1 is 1.16 bits per heavy atom. The number of carbonyl (C=O) groups excluding carboxylic acids is 3. The van der Waals surface area contributed by atoms with Crippen molar-refractivity contribution in [2.45, 2.75) is 13.0 Å². The highest BCUT2D eigenvalue weighted by Gasteiger charge is 2.37. The minimum atomic E-state index is -1.58. The number of carbonyl (C=O) groups is 4. The van der Waals surface area contributed by atoms with E-state index in [1.54, 1.807) is 6.92 Å². The predicted molar refractivity (Wildman–Crippen MR) is 82.6 cm³/mol. The molecule has 0 radical (unpaired) electrons. The molecule has 25 heavy (non-hydrogen) atoms. The van der Waals surface area contributed by atoms with E-state index in [9.17, 15) is 34.5 Å². The average molecular weight is 351 g/mol. The smallest absolute Gasteiger partial charge is 0.330 e. The minimum Gasteiger partial charge on any atom is -0.504 e. The molecule has 134 valence electrons. The van der Waals surface area contributed by atoms with Gasteiger partial charge in [0.05, 0.1) is 0 Å². The highest BCUT2D eigenvalue weighted by atomic mass is 16.4. The molecular formula is C15H17N3O7. The molecule has 1 atom stereocenters. The molecule has 1 aliphatic rings. The molecule has 1 aromatic rings. The van der Waals surface area contributed by atoms with Crippen LogP contribution in [0.5, 0.6) is 11.5 Å². The van der Waals surface area contributed by atoms with Gasteiger partial charge in [-0.05, 0) is 24.6 Å². The zero-order valence-electron chi connectivity index (χ0n) is 13.3. The summed E-state index contributed by atoms with van der Waals surface area (Å²) in [7, 11) is 0. The van der Waals surface area contributed by atoms with Crippen molar-refractivity contribution >= 4 is 23.8 Å². The van der Waals surface area contributed by atoms with Crippen LogP contribution in [0.1, 0.15) is 18.5 Å². The third-order valence-corrected chi connectivity index (χ3v) is 3.78. The molecule has 0 saturated carbocycles. The van der Waals surface area contributed by atoms with E-state index in [4.69, 9.17) is 0 Å². The van der Waals surface area contributed by atoms with Gasteiger partial charge in [-0.3, -0.25) is 14.5 Å². The standard InChI is InChI=1S/C15H17N3O7/c1-2-17-5-6-18(13(22)12(17)21)15(25)16-11(14(23)24)8-3-4-9(19)10(20)7-8/h3-4,7,11,19-20H,2,5-6H2,1H3,(H,16,25)(H,23,24)/t11-/m1/s1. The molecule has 0 bridgehead atoms. The van der Waals surface area contributed by atoms with Crippen LogP contribution in [0.2, 0.25) is 0 Å². The van der Waals surface area contributed by atoms with Crippen molar-refractivity contribution in [3.05, 3.63) is 23.8 Å². The topological polar surface area (TPSA) is 147 Å². The number of aromatic hydroxyl groups is 2. The van der Waals surface area contributed by atoms with E-state index >= 15 is 0 Å². The Kier molecular flexibility index (Phi) is 5.11. The molecule has 4 amide bonds. The number of nitrogens with one attached hydrogen (secondary N) is 1. The molecule has 1 heterocycles. The quantitative estimate of drug-likeness (QED) is 0.427. The van der Waals surface area contributed by atoms with Crippen molar-refractivity contribution < 1.29 is 34.5 Å². The molecule has 10 heteroatoms. The van der Waals surface area contributed by atoms with E-state index in [2.05, 4.69) is 5.32 Å². The highest BCUT2D eigenvalue weighted by molar-refractivity contribution is 6.38. The van der Waals surface area contributed by atoms with Crippen LogP contribution in [0.4, 0.5) is 4.79 Å². The van der Waals surface area contributed by atoms with Crippen molar-refractivity contribution in [3.8, 4) is 11.5 Å². The fourth-order valence-electron chi connectivity index (χ4n) is 2.38. The summed E-state index contributed by atoms with van der Waals surface area (Å²) in [6.07, 6.45) is 0. The Balaban J connectivity index is 2.18. The highest BCUT2D eigenvalue weighted by Crippen LogP contribution is 2.28. The number of likely N-dealkylation sites (N-methyl/N-ethyl adjacent to an activating group) is 1. The van der Waals surface area contributed by atoms with Gasteiger partial charge >= 0.3 is 23.8 Å². The van der Waals surface area contributed by atoms with Gasteiger partial charge < -0.3 is 25.5 Å². The van der Waals surface area contributed by atoms with Crippen LogP contribution in [0, 0.1) is 0 Å². The molecule has 0 aromatic heterocycles. The van der Waals surface area contributed by atoms with Crippen LogP contribution in [0.25, 0.3) is 0 Å². The summed E-state index contributed by atoms with van der Waals surface area (Å²) < 4.78 is 0. The fraction of sp³-hybridized carbons (Fsp3) is 0.333. The third-order valence-electron chi connectivity index (χ3n) is 3.78. The summed E-state index contributed by atoms with van der Waals surface area (Å²) in [6, 6.07) is 0.647. The summed E-state index contributed by atoms with van der Waals surface area (Å²) in [5.41, 5.74) is -0.0119. The molecule has 1 aliphatic heterocycles. The summed E-state index contributed by atoms with van der Waals surface area (Å²) in [5.74, 6) is -4.32. The van der Waals surface area contributed by atoms with Gasteiger partial charge in [-0.2, -0.15) is 0 Å². The maximum absolute atomic E-state index is 12.2. The van der Waals surface area contributed by atoms with Gasteiger partial charge in [0.1, 0.15) is 0 Å². The maximum atomic E-state index is 12.2. The van der Waals surface area contributed by atoms with Crippen molar-refractivity contribution in [2.75, 3.05) is 19.6 Å². The second-order valence-electron chi connectivity index (χ2n) is 5.31. The second kappa shape index (κ2) is 7.07. The summed E-state index contributed by atoms with van der Waals surface area (Å²) in [5, 5.41) is 30.2. The normalized spacial score (nSPS) is 15.9. The summed E-state index contributed by atoms with van der Waals surface area (Å²) in [4.78, 5) is 49.4. The number of hydrogen-bond acceptors (Lipinski definition) is 6. The molecule has 0 unspecified atom stereocenters. The summed E-state index contributed by atoms with van der Waals surface area (Å²) in [6.45, 7) is 2.12. The minimum absolute atomic E-state index is 0.0119. The third kappa shape index (κ3) is 3.62. The van der Waals surface area contributed by atoms with Crippen molar-refractivity contribution in [2.24, 2.45) is 0 Å². The Hall–Kier alpha value is -3.30. The van der Waals surface area contributed by atoms with Crippen LogP contribution in [-0.2, 0) is 14.4 Å². The van der Waals surface area contributed by atoms with Crippen molar-refractivity contribution in [1.82, 2.24) is 15.1 Å². The fourth-order valence-corrected chi connectivity index (χ4v) is 2.38. The lowest BCUT2D eigenvalue weighted by molar-refractivity contribution is -0.153. The number of carboxylic acids is 1. The number of carboxylic acid groups (broad SMARTS) is 1. The first-order valence-electron chi connectivity index (χ1n) is 7.42. The van der Waals surface area contributed by atoms with E-state index in [-0.39, 0.29) is 18.7 Å². The Morgan fingerprint density at radius 3 is 2.40 bits per heavy atom. The van der Waals surface area contributed by atoms with E-state index in [0.29, 0.717) is 11.4 Å². The molecule has 1 fully saturated rings. The van der Waals surface area contributed by atoms with Gasteiger partial charge in [0.15, 0.2) is 17.5 Å². The van der Waals surface area contributed by atoms with Gasteiger partial charge in [0, 0.05) is 19.6 Å². The number of aliphatic carboxylic acids is 1. The van der Waals surface area contributed by atoms with Gasteiger partial charge in [-0.25, -0.2) is 9.59 Å². The lowest BCUT2D eigenvalue weighted by Crippen LogP contribution is -2.58. The molecule has 1 aromatic carbocycles. The zero-order chi connectivity index (χ0) is 18.7. The zero-order valence-corrected chi connectivity index (χ0v) is 13.3. The number of nitrogens with zero attached hydrogens (tertiary/aromatic N) is 2. The monoisotopic (exact) mass is 351 g/mol. The number of phenols is 2. The predicted octanol–water partition coefficient (Wildman–Crippen LogP) is -0.376. The van der Waals surface area contributed by atoms with E-state index in [0.717, 1.165) is 12.1 Å². The molecule has 2 rings (SSSR count).